The minimum Gasteiger partial charge on any atom is -0.457 e. The van der Waals surface area contributed by atoms with Gasteiger partial charge < -0.3 is 4.74 Å². The van der Waals surface area contributed by atoms with Crippen molar-refractivity contribution in [3.63, 3.8) is 0 Å². The molecule has 0 fully saturated rings. The summed E-state index contributed by atoms with van der Waals surface area (Å²) in [5, 5.41) is 8.82. The molecule has 0 aliphatic carbocycles. The van der Waals surface area contributed by atoms with Gasteiger partial charge in [-0.2, -0.15) is 5.26 Å². The summed E-state index contributed by atoms with van der Waals surface area (Å²) in [5.74, 6) is 1.60. The van der Waals surface area contributed by atoms with E-state index in [0.29, 0.717) is 5.56 Å². The highest BCUT2D eigenvalue weighted by Gasteiger charge is 2.05. The zero-order chi connectivity index (χ0) is 13.1. The van der Waals surface area contributed by atoms with Crippen LogP contribution in [0.3, 0.4) is 0 Å². The molecule has 0 saturated carbocycles. The van der Waals surface area contributed by atoms with Gasteiger partial charge in [-0.05, 0) is 61.4 Å². The molecule has 0 unspecified atom stereocenters. The van der Waals surface area contributed by atoms with Gasteiger partial charge in [0.25, 0.3) is 0 Å². The number of rotatable bonds is 2. The van der Waals surface area contributed by atoms with Crippen LogP contribution in [0.5, 0.6) is 11.5 Å². The highest BCUT2D eigenvalue weighted by Crippen LogP contribution is 2.29. The van der Waals surface area contributed by atoms with Crippen molar-refractivity contribution in [3.8, 4) is 17.6 Å². The first-order valence-electron chi connectivity index (χ1n) is 5.55. The molecule has 0 bridgehead atoms. The van der Waals surface area contributed by atoms with Crippen LogP contribution in [0.25, 0.3) is 0 Å². The van der Waals surface area contributed by atoms with Gasteiger partial charge in [0.2, 0.25) is 0 Å². The Bertz CT molecular complexity index is 629. The van der Waals surface area contributed by atoms with Crippen molar-refractivity contribution in [3.05, 3.63) is 57.6 Å². The summed E-state index contributed by atoms with van der Waals surface area (Å²) in [4.78, 5) is 0. The molecule has 18 heavy (non-hydrogen) atoms. The summed E-state index contributed by atoms with van der Waals surface area (Å²) >= 11 is 3.42. The second kappa shape index (κ2) is 5.24. The minimum absolute atomic E-state index is 0.646. The van der Waals surface area contributed by atoms with Gasteiger partial charge in [0.1, 0.15) is 11.5 Å². The van der Waals surface area contributed by atoms with Crippen LogP contribution in [-0.2, 0) is 0 Å². The molecule has 0 heterocycles. The number of aryl methyl sites for hydroxylation is 2. The highest BCUT2D eigenvalue weighted by molar-refractivity contribution is 9.10. The van der Waals surface area contributed by atoms with Gasteiger partial charge in [0.15, 0.2) is 0 Å². The lowest BCUT2D eigenvalue weighted by atomic mass is 10.1. The van der Waals surface area contributed by atoms with Crippen molar-refractivity contribution in [2.24, 2.45) is 0 Å². The lowest BCUT2D eigenvalue weighted by Gasteiger charge is -2.11. The first kappa shape index (κ1) is 12.7. The molecule has 0 radical (unpaired) electrons. The average molecular weight is 302 g/mol. The summed E-state index contributed by atoms with van der Waals surface area (Å²) in [5.41, 5.74) is 2.66. The van der Waals surface area contributed by atoms with Crippen molar-refractivity contribution >= 4 is 15.9 Å². The fraction of sp³-hybridized carbons (Fsp3) is 0.133. The third-order valence-electron chi connectivity index (χ3n) is 2.66. The van der Waals surface area contributed by atoms with Gasteiger partial charge in [-0.1, -0.05) is 15.9 Å². The predicted octanol–water partition coefficient (Wildman–Crippen LogP) is 4.73. The van der Waals surface area contributed by atoms with Gasteiger partial charge in [-0.25, -0.2) is 0 Å². The van der Waals surface area contributed by atoms with Crippen LogP contribution in [0.15, 0.2) is 40.9 Å². The number of halogens is 1. The maximum atomic E-state index is 8.82. The molecule has 90 valence electrons. The molecule has 0 aliphatic rings. The SMILES string of the molecule is Cc1cc(Br)ccc1Oc1ccc(C#N)cc1C. The van der Waals surface area contributed by atoms with Crippen LogP contribution >= 0.6 is 15.9 Å². The maximum absolute atomic E-state index is 8.82. The Morgan fingerprint density at radius 1 is 1.00 bits per heavy atom. The third-order valence-corrected chi connectivity index (χ3v) is 3.15. The molecular weight excluding hydrogens is 290 g/mol. The highest BCUT2D eigenvalue weighted by atomic mass is 79.9. The zero-order valence-corrected chi connectivity index (χ0v) is 11.8. The van der Waals surface area contributed by atoms with E-state index >= 15 is 0 Å². The number of hydrogen-bond acceptors (Lipinski definition) is 2. The van der Waals surface area contributed by atoms with Crippen molar-refractivity contribution in [1.29, 1.82) is 5.26 Å². The molecule has 0 amide bonds. The predicted molar refractivity (Wildman–Crippen MR) is 74.8 cm³/mol. The third kappa shape index (κ3) is 2.72. The normalized spacial score (nSPS) is 9.89. The van der Waals surface area contributed by atoms with E-state index in [2.05, 4.69) is 22.0 Å². The Labute approximate surface area is 115 Å². The number of nitriles is 1. The molecule has 2 rings (SSSR count). The first-order valence-corrected chi connectivity index (χ1v) is 6.34. The standard InChI is InChI=1S/C15H12BrNO/c1-10-7-12(9-17)3-5-14(10)18-15-6-4-13(16)8-11(15)2/h3-8H,1-2H3. The molecule has 0 spiro atoms. The molecule has 2 aromatic rings. The topological polar surface area (TPSA) is 33.0 Å². The Balaban J connectivity index is 2.32. The van der Waals surface area contributed by atoms with Crippen LogP contribution in [0.1, 0.15) is 16.7 Å². The van der Waals surface area contributed by atoms with E-state index in [-0.39, 0.29) is 0 Å². The summed E-state index contributed by atoms with van der Waals surface area (Å²) < 4.78 is 6.90. The minimum atomic E-state index is 0.646. The first-order chi connectivity index (χ1) is 8.60. The van der Waals surface area contributed by atoms with E-state index in [1.165, 1.54) is 0 Å². The molecule has 0 aliphatic heterocycles. The quantitative estimate of drug-likeness (QED) is 0.803. The smallest absolute Gasteiger partial charge is 0.130 e. The Morgan fingerprint density at radius 2 is 1.61 bits per heavy atom. The van der Waals surface area contributed by atoms with Crippen LogP contribution in [0.2, 0.25) is 0 Å². The molecule has 3 heteroatoms. The lowest BCUT2D eigenvalue weighted by molar-refractivity contribution is 0.475. The number of hydrogen-bond donors (Lipinski definition) is 0. The Kier molecular flexibility index (Phi) is 3.69. The molecule has 0 atom stereocenters. The monoisotopic (exact) mass is 301 g/mol. The molecule has 2 nitrogen and oxygen atoms in total. The van der Waals surface area contributed by atoms with E-state index in [9.17, 15) is 0 Å². The van der Waals surface area contributed by atoms with Gasteiger partial charge >= 0.3 is 0 Å². The van der Waals surface area contributed by atoms with E-state index in [4.69, 9.17) is 10.00 Å². The molecule has 0 saturated heterocycles. The number of ether oxygens (including phenoxy) is 1. The average Bonchev–Trinajstić information content (AvgIpc) is 2.34. The van der Waals surface area contributed by atoms with Gasteiger partial charge in [0, 0.05) is 4.47 Å². The summed E-state index contributed by atoms with van der Waals surface area (Å²) in [7, 11) is 0. The Morgan fingerprint density at radius 3 is 2.17 bits per heavy atom. The van der Waals surface area contributed by atoms with E-state index in [1.807, 2.05) is 44.2 Å². The largest absolute Gasteiger partial charge is 0.457 e. The fourth-order valence-electron chi connectivity index (χ4n) is 1.68. The number of nitrogens with zero attached hydrogens (tertiary/aromatic N) is 1. The van der Waals surface area contributed by atoms with Crippen molar-refractivity contribution in [1.82, 2.24) is 0 Å². The van der Waals surface area contributed by atoms with Gasteiger partial charge in [-0.3, -0.25) is 0 Å². The summed E-state index contributed by atoms with van der Waals surface area (Å²) in [6, 6.07) is 13.4. The van der Waals surface area contributed by atoms with E-state index in [1.54, 1.807) is 6.07 Å². The van der Waals surface area contributed by atoms with Crippen molar-refractivity contribution in [2.75, 3.05) is 0 Å². The van der Waals surface area contributed by atoms with E-state index in [0.717, 1.165) is 27.1 Å². The van der Waals surface area contributed by atoms with Gasteiger partial charge in [-0.15, -0.1) is 0 Å². The number of benzene rings is 2. The van der Waals surface area contributed by atoms with Crippen LogP contribution in [-0.4, -0.2) is 0 Å². The Hall–Kier alpha value is -1.79. The summed E-state index contributed by atoms with van der Waals surface area (Å²) in [6.07, 6.45) is 0. The second-order valence-corrected chi connectivity index (χ2v) is 5.02. The summed E-state index contributed by atoms with van der Waals surface area (Å²) in [6.45, 7) is 3.93. The van der Waals surface area contributed by atoms with Crippen molar-refractivity contribution in [2.45, 2.75) is 13.8 Å². The van der Waals surface area contributed by atoms with Crippen LogP contribution in [0, 0.1) is 25.2 Å². The van der Waals surface area contributed by atoms with E-state index < -0.39 is 0 Å². The van der Waals surface area contributed by atoms with Crippen LogP contribution in [0.4, 0.5) is 0 Å². The van der Waals surface area contributed by atoms with Crippen molar-refractivity contribution < 1.29 is 4.74 Å². The maximum Gasteiger partial charge on any atom is 0.130 e. The molecular formula is C15H12BrNO. The second-order valence-electron chi connectivity index (χ2n) is 4.10. The zero-order valence-electron chi connectivity index (χ0n) is 10.2. The lowest BCUT2D eigenvalue weighted by Crippen LogP contribution is -1.90. The molecule has 0 N–H and O–H groups in total. The van der Waals surface area contributed by atoms with Crippen LogP contribution < -0.4 is 4.74 Å². The molecule has 0 aromatic heterocycles. The fourth-order valence-corrected chi connectivity index (χ4v) is 2.15. The molecule has 2 aromatic carbocycles. The van der Waals surface area contributed by atoms with Gasteiger partial charge in [0.05, 0.1) is 11.6 Å².